The maximum Gasteiger partial charge on any atom is 0.322 e. The van der Waals surface area contributed by atoms with Crippen LogP contribution in [0.4, 0.5) is 8.78 Å². The first kappa shape index (κ1) is 31.5. The van der Waals surface area contributed by atoms with Crippen molar-refractivity contribution in [3.05, 3.63) is 104 Å². The third-order valence-corrected chi connectivity index (χ3v) is 8.85. The summed E-state index contributed by atoms with van der Waals surface area (Å²) in [6, 6.07) is 5.10. The normalized spacial score (nSPS) is 16.6. The summed E-state index contributed by atoms with van der Waals surface area (Å²) in [4.78, 5) is 55.0. The van der Waals surface area contributed by atoms with Crippen LogP contribution < -0.4 is 11.1 Å². The summed E-state index contributed by atoms with van der Waals surface area (Å²) in [5.74, 6) is -2.95. The first-order chi connectivity index (χ1) is 22.4. The highest BCUT2D eigenvalue weighted by Crippen LogP contribution is 2.36. The average Bonchev–Trinajstić information content (AvgIpc) is 3.51. The Morgan fingerprint density at radius 1 is 1.19 bits per heavy atom. The van der Waals surface area contributed by atoms with Gasteiger partial charge in [0.05, 0.1) is 28.6 Å². The quantitative estimate of drug-likeness (QED) is 0.153. The van der Waals surface area contributed by atoms with Crippen molar-refractivity contribution in [2.75, 3.05) is 13.1 Å². The molecule has 0 spiro atoms. The van der Waals surface area contributed by atoms with E-state index >= 15 is 4.39 Å². The van der Waals surface area contributed by atoms with Gasteiger partial charge >= 0.3 is 11.1 Å². The van der Waals surface area contributed by atoms with Crippen LogP contribution in [0.15, 0.2) is 58.7 Å². The highest BCUT2D eigenvalue weighted by Gasteiger charge is 2.37. The molecule has 240 valence electrons. The van der Waals surface area contributed by atoms with E-state index in [-0.39, 0.29) is 48.7 Å². The van der Waals surface area contributed by atoms with E-state index in [2.05, 4.69) is 26.6 Å². The molecule has 13 heteroatoms. The maximum absolute atomic E-state index is 16.4. The largest absolute Gasteiger partial charge is 0.326 e. The van der Waals surface area contributed by atoms with Gasteiger partial charge in [0.15, 0.2) is 17.3 Å². The van der Waals surface area contributed by atoms with Gasteiger partial charge in [0, 0.05) is 35.8 Å². The number of likely N-dealkylation sites (tertiary alicyclic amines) is 1. The number of fused-ring (bicyclic) bond motifs is 2. The number of halogens is 2. The fourth-order valence-corrected chi connectivity index (χ4v) is 6.65. The average molecular weight is 639 g/mol. The topological polar surface area (TPSA) is 123 Å². The molecular weight excluding hydrogens is 606 g/mol. The molecule has 6 rings (SSSR count). The van der Waals surface area contributed by atoms with Crippen molar-refractivity contribution in [1.82, 2.24) is 34.2 Å². The van der Waals surface area contributed by atoms with Crippen molar-refractivity contribution in [3.8, 4) is 16.9 Å². The van der Waals surface area contributed by atoms with Crippen molar-refractivity contribution >= 4 is 28.0 Å². The molecular formula is C34H32F2N8O3. The zero-order chi connectivity index (χ0) is 33.7. The highest BCUT2D eigenvalue weighted by molar-refractivity contribution is 5.96. The molecule has 47 heavy (non-hydrogen) atoms. The van der Waals surface area contributed by atoms with E-state index in [0.29, 0.717) is 33.4 Å². The number of carbonyl (C=O) groups excluding carboxylic acids is 1. The van der Waals surface area contributed by atoms with Gasteiger partial charge in [0.25, 0.3) is 5.91 Å². The number of hydrogen-bond acceptors (Lipinski definition) is 6. The number of piperidine rings is 1. The number of aromatic nitrogens is 6. The molecule has 1 fully saturated rings. The van der Waals surface area contributed by atoms with Crippen LogP contribution in [0.1, 0.15) is 55.5 Å². The number of rotatable bonds is 6. The molecule has 1 aliphatic rings. The number of nitrogens with one attached hydrogen (secondary N) is 1. The molecule has 0 bridgehead atoms. The zero-order valence-electron chi connectivity index (χ0n) is 26.3. The van der Waals surface area contributed by atoms with Gasteiger partial charge in [-0.05, 0) is 55.9 Å². The number of aromatic amines is 1. The molecule has 5 aromatic rings. The van der Waals surface area contributed by atoms with Gasteiger partial charge in [-0.3, -0.25) is 33.6 Å². The smallest absolute Gasteiger partial charge is 0.322 e. The number of carbonyl (C=O) groups is 1. The molecule has 11 nitrogen and oxygen atoms in total. The number of benzene rings is 1. The Hall–Kier alpha value is -5.51. The van der Waals surface area contributed by atoms with Crippen LogP contribution in [-0.4, -0.2) is 59.2 Å². The lowest BCUT2D eigenvalue weighted by molar-refractivity contribution is -0.132. The fraction of sp³-hybridized carbons (Fsp3) is 0.324. The van der Waals surface area contributed by atoms with Gasteiger partial charge in [-0.2, -0.15) is 5.10 Å². The number of hydrogen-bond donors (Lipinski definition) is 1. The minimum absolute atomic E-state index is 0.00146. The first-order valence-corrected chi connectivity index (χ1v) is 15.2. The highest BCUT2D eigenvalue weighted by atomic mass is 19.1. The van der Waals surface area contributed by atoms with Gasteiger partial charge in [-0.25, -0.2) is 20.3 Å². The Morgan fingerprint density at radius 2 is 1.96 bits per heavy atom. The number of amides is 1. The van der Waals surface area contributed by atoms with E-state index in [9.17, 15) is 18.8 Å². The monoisotopic (exact) mass is 638 g/mol. The molecule has 1 aromatic carbocycles. The summed E-state index contributed by atoms with van der Waals surface area (Å²) in [5.41, 5.74) is 1.74. The second kappa shape index (κ2) is 12.0. The molecule has 1 saturated heterocycles. The van der Waals surface area contributed by atoms with Gasteiger partial charge in [-0.15, -0.1) is 0 Å². The van der Waals surface area contributed by atoms with Crippen molar-refractivity contribution in [2.24, 2.45) is 0 Å². The Labute approximate surface area is 268 Å². The van der Waals surface area contributed by atoms with Crippen LogP contribution in [0.5, 0.6) is 0 Å². The first-order valence-electron chi connectivity index (χ1n) is 15.2. The molecule has 0 radical (unpaired) electrons. The summed E-state index contributed by atoms with van der Waals surface area (Å²) in [6.07, 6.45) is 3.41. The van der Waals surface area contributed by atoms with Crippen molar-refractivity contribution in [2.45, 2.75) is 58.5 Å². The predicted molar refractivity (Wildman–Crippen MR) is 173 cm³/mol. The second-order valence-electron chi connectivity index (χ2n) is 12.2. The SMILES string of the molecule is [C-]#[N+]C[C@@H]1CC(n2c(=O)c(=O)n(-c3c(C)ccnc3C(C)C)c3nc(-c4c(C)ccc5[nH]ncc45)c(F)cc32)CCN1C(=O)C(=C)F. The number of aryl methyl sites for hydroxylation is 2. The van der Waals surface area contributed by atoms with Gasteiger partial charge < -0.3 is 9.74 Å². The summed E-state index contributed by atoms with van der Waals surface area (Å²) in [7, 11) is 0. The molecule has 0 saturated carbocycles. The van der Waals surface area contributed by atoms with E-state index < -0.39 is 40.8 Å². The minimum atomic E-state index is -1.15. The minimum Gasteiger partial charge on any atom is -0.326 e. The zero-order valence-corrected chi connectivity index (χ0v) is 26.3. The van der Waals surface area contributed by atoms with Crippen LogP contribution in [0.3, 0.4) is 0 Å². The van der Waals surface area contributed by atoms with E-state index in [1.54, 1.807) is 25.4 Å². The van der Waals surface area contributed by atoms with Crippen molar-refractivity contribution < 1.29 is 13.6 Å². The molecule has 1 N–H and O–H groups in total. The lowest BCUT2D eigenvalue weighted by Gasteiger charge is -2.37. The Balaban J connectivity index is 1.68. The molecule has 1 unspecified atom stereocenters. The van der Waals surface area contributed by atoms with Crippen molar-refractivity contribution in [1.29, 1.82) is 0 Å². The lowest BCUT2D eigenvalue weighted by Crippen LogP contribution is -2.51. The number of H-pyrrole nitrogens is 1. The number of pyridine rings is 2. The second-order valence-corrected chi connectivity index (χ2v) is 12.2. The molecule has 5 heterocycles. The van der Waals surface area contributed by atoms with Crippen LogP contribution in [-0.2, 0) is 4.79 Å². The van der Waals surface area contributed by atoms with E-state index in [1.165, 1.54) is 20.1 Å². The van der Waals surface area contributed by atoms with Gasteiger partial charge in [0.1, 0.15) is 11.7 Å². The van der Waals surface area contributed by atoms with Crippen LogP contribution in [0.25, 0.3) is 43.9 Å². The Kier molecular flexibility index (Phi) is 8.05. The molecule has 0 aliphatic carbocycles. The summed E-state index contributed by atoms with van der Waals surface area (Å²) in [6.45, 7) is 17.8. The Morgan fingerprint density at radius 3 is 2.66 bits per heavy atom. The lowest BCUT2D eigenvalue weighted by atomic mass is 9.96. The van der Waals surface area contributed by atoms with E-state index in [0.717, 1.165) is 5.56 Å². The van der Waals surface area contributed by atoms with Crippen LogP contribution >= 0.6 is 0 Å². The maximum atomic E-state index is 16.4. The van der Waals surface area contributed by atoms with Crippen molar-refractivity contribution in [3.63, 3.8) is 0 Å². The molecule has 1 amide bonds. The van der Waals surface area contributed by atoms with E-state index in [4.69, 9.17) is 11.6 Å². The van der Waals surface area contributed by atoms with Gasteiger partial charge in [0.2, 0.25) is 6.54 Å². The predicted octanol–water partition coefficient (Wildman–Crippen LogP) is 5.30. The van der Waals surface area contributed by atoms with Crippen LogP contribution in [0.2, 0.25) is 0 Å². The summed E-state index contributed by atoms with van der Waals surface area (Å²) in [5, 5.41) is 7.64. The molecule has 1 aliphatic heterocycles. The fourth-order valence-electron chi connectivity index (χ4n) is 6.65. The van der Waals surface area contributed by atoms with Crippen LogP contribution in [0, 0.1) is 26.2 Å². The molecule has 2 atom stereocenters. The third-order valence-electron chi connectivity index (χ3n) is 8.85. The summed E-state index contributed by atoms with van der Waals surface area (Å²) < 4.78 is 32.7. The number of nitrogens with zero attached hydrogens (tertiary/aromatic N) is 7. The summed E-state index contributed by atoms with van der Waals surface area (Å²) >= 11 is 0. The van der Waals surface area contributed by atoms with E-state index in [1.807, 2.05) is 32.9 Å². The Bertz CT molecular complexity index is 2260. The third kappa shape index (κ3) is 5.19. The standard InChI is InChI=1S/C34H32F2N8O3/c1-17(2)28-30(19(4)9-11-38-28)44-31-26(14-24(36)29(40-31)27-18(3)7-8-25-23(27)16-39-41-25)43(33(46)34(44)47)21-10-12-42(32(45)20(5)35)22(13-21)15-37-6/h7-9,11,14,16-17,21-22H,5,10,12-13,15H2,1-4H3,(H,39,41)/t21?,22-/m0/s1. The molecule has 4 aromatic heterocycles. The van der Waals surface area contributed by atoms with Gasteiger partial charge in [-0.1, -0.05) is 26.5 Å².